The third-order valence-corrected chi connectivity index (χ3v) is 2.13. The second kappa shape index (κ2) is 8.46. The highest BCUT2D eigenvalue weighted by molar-refractivity contribution is 5.70. The molecule has 16 heavy (non-hydrogen) atoms. The summed E-state index contributed by atoms with van der Waals surface area (Å²) >= 11 is 0. The second-order valence-corrected chi connectivity index (χ2v) is 3.46. The Kier molecular flexibility index (Phi) is 8.10. The van der Waals surface area contributed by atoms with E-state index in [1.807, 2.05) is 0 Å². The summed E-state index contributed by atoms with van der Waals surface area (Å²) in [6.07, 6.45) is 0.133. The lowest BCUT2D eigenvalue weighted by Gasteiger charge is -2.24. The van der Waals surface area contributed by atoms with Gasteiger partial charge in [0.1, 0.15) is 6.61 Å². The Morgan fingerprint density at radius 3 is 2.50 bits per heavy atom. The van der Waals surface area contributed by atoms with Crippen LogP contribution in [0.1, 0.15) is 19.8 Å². The minimum Gasteiger partial charge on any atom is -0.464 e. The van der Waals surface area contributed by atoms with Gasteiger partial charge in [0.25, 0.3) is 0 Å². The number of aliphatic hydroxyl groups excluding tert-OH is 2. The van der Waals surface area contributed by atoms with E-state index in [1.54, 1.807) is 6.92 Å². The summed E-state index contributed by atoms with van der Waals surface area (Å²) in [7, 11) is 0. The molecule has 96 valence electrons. The summed E-state index contributed by atoms with van der Waals surface area (Å²) in [5.74, 6) is -0.508. The van der Waals surface area contributed by atoms with Gasteiger partial charge in [-0.15, -0.1) is 0 Å². The fourth-order valence-electron chi connectivity index (χ4n) is 1.07. The van der Waals surface area contributed by atoms with E-state index in [4.69, 9.17) is 19.7 Å². The van der Waals surface area contributed by atoms with E-state index in [0.29, 0.717) is 6.61 Å². The highest BCUT2D eigenvalue weighted by Gasteiger charge is 2.25. The topological polar surface area (TPSA) is 96.2 Å². The van der Waals surface area contributed by atoms with Crippen LogP contribution in [0.4, 0.5) is 0 Å². The van der Waals surface area contributed by atoms with Crippen molar-refractivity contribution >= 4 is 5.97 Å². The Morgan fingerprint density at radius 2 is 2.00 bits per heavy atom. The molecular weight excluding hydrogens is 216 g/mol. The van der Waals surface area contributed by atoms with Crippen LogP contribution in [0.25, 0.3) is 0 Å². The molecule has 0 aliphatic rings. The van der Waals surface area contributed by atoms with Crippen molar-refractivity contribution in [1.82, 2.24) is 0 Å². The molecule has 0 bridgehead atoms. The van der Waals surface area contributed by atoms with Gasteiger partial charge in [0.05, 0.1) is 18.8 Å². The SMILES string of the molecule is CCOCC(=O)OCCC(O)(CO)CCO. The molecule has 1 unspecified atom stereocenters. The third kappa shape index (κ3) is 6.73. The first kappa shape index (κ1) is 15.3. The van der Waals surface area contributed by atoms with Crippen molar-refractivity contribution in [2.45, 2.75) is 25.4 Å². The maximum atomic E-state index is 11.0. The van der Waals surface area contributed by atoms with Crippen LogP contribution in [-0.4, -0.2) is 59.9 Å². The molecule has 0 fully saturated rings. The van der Waals surface area contributed by atoms with Gasteiger partial charge in [-0.1, -0.05) is 0 Å². The van der Waals surface area contributed by atoms with Gasteiger partial charge in [-0.05, 0) is 6.92 Å². The Bertz CT molecular complexity index is 196. The van der Waals surface area contributed by atoms with Crippen LogP contribution >= 0.6 is 0 Å². The van der Waals surface area contributed by atoms with E-state index in [9.17, 15) is 9.90 Å². The lowest BCUT2D eigenvalue weighted by atomic mass is 9.98. The molecule has 0 amide bonds. The molecule has 1 atom stereocenters. The lowest BCUT2D eigenvalue weighted by molar-refractivity contribution is -0.151. The Labute approximate surface area is 94.8 Å². The van der Waals surface area contributed by atoms with Gasteiger partial charge in [-0.3, -0.25) is 0 Å². The van der Waals surface area contributed by atoms with E-state index in [-0.39, 0.29) is 32.7 Å². The normalized spacial score (nSPS) is 14.5. The molecule has 6 nitrogen and oxygen atoms in total. The first-order valence-corrected chi connectivity index (χ1v) is 5.25. The number of hydrogen-bond acceptors (Lipinski definition) is 6. The molecule has 0 aliphatic heterocycles. The molecule has 0 heterocycles. The number of aliphatic hydroxyl groups is 3. The molecule has 0 aliphatic carbocycles. The number of ether oxygens (including phenoxy) is 2. The summed E-state index contributed by atoms with van der Waals surface area (Å²) < 4.78 is 9.60. The minimum atomic E-state index is -1.39. The van der Waals surface area contributed by atoms with Gasteiger partial charge in [-0.25, -0.2) is 4.79 Å². The van der Waals surface area contributed by atoms with E-state index < -0.39 is 18.2 Å². The van der Waals surface area contributed by atoms with Gasteiger partial charge < -0.3 is 24.8 Å². The molecule has 3 N–H and O–H groups in total. The predicted octanol–water partition coefficient (Wildman–Crippen LogP) is -0.938. The molecule has 0 saturated carbocycles. The first-order chi connectivity index (χ1) is 7.58. The zero-order chi connectivity index (χ0) is 12.4. The largest absolute Gasteiger partial charge is 0.464 e. The average molecular weight is 236 g/mol. The van der Waals surface area contributed by atoms with Crippen molar-refractivity contribution in [3.8, 4) is 0 Å². The molecule has 0 radical (unpaired) electrons. The number of rotatable bonds is 9. The zero-order valence-corrected chi connectivity index (χ0v) is 9.52. The van der Waals surface area contributed by atoms with Crippen molar-refractivity contribution < 1.29 is 29.6 Å². The molecule has 6 heteroatoms. The van der Waals surface area contributed by atoms with E-state index in [0.717, 1.165) is 0 Å². The van der Waals surface area contributed by atoms with Crippen LogP contribution in [0.15, 0.2) is 0 Å². The van der Waals surface area contributed by atoms with Crippen molar-refractivity contribution in [1.29, 1.82) is 0 Å². The highest BCUT2D eigenvalue weighted by atomic mass is 16.6. The van der Waals surface area contributed by atoms with Crippen molar-refractivity contribution in [3.05, 3.63) is 0 Å². The second-order valence-electron chi connectivity index (χ2n) is 3.46. The third-order valence-electron chi connectivity index (χ3n) is 2.13. The monoisotopic (exact) mass is 236 g/mol. The number of carbonyl (C=O) groups excluding carboxylic acids is 1. The van der Waals surface area contributed by atoms with Crippen molar-refractivity contribution in [2.24, 2.45) is 0 Å². The summed E-state index contributed by atoms with van der Waals surface area (Å²) in [5.41, 5.74) is -1.39. The number of carbonyl (C=O) groups is 1. The molecule has 0 saturated heterocycles. The van der Waals surface area contributed by atoms with Crippen LogP contribution in [0.5, 0.6) is 0 Å². The van der Waals surface area contributed by atoms with Crippen molar-refractivity contribution in [3.63, 3.8) is 0 Å². The Hall–Kier alpha value is -0.690. The van der Waals surface area contributed by atoms with Gasteiger partial charge in [-0.2, -0.15) is 0 Å². The number of hydrogen-bond donors (Lipinski definition) is 3. The van der Waals surface area contributed by atoms with Gasteiger partial charge in [0.15, 0.2) is 0 Å². The van der Waals surface area contributed by atoms with Gasteiger partial charge >= 0.3 is 5.97 Å². The Balaban J connectivity index is 3.73. The van der Waals surface area contributed by atoms with Crippen molar-refractivity contribution in [2.75, 3.05) is 33.0 Å². The van der Waals surface area contributed by atoms with Crippen LogP contribution in [-0.2, 0) is 14.3 Å². The molecule has 0 aromatic rings. The van der Waals surface area contributed by atoms with Gasteiger partial charge in [0, 0.05) is 26.1 Å². The van der Waals surface area contributed by atoms with E-state index in [2.05, 4.69) is 0 Å². The summed E-state index contributed by atoms with van der Waals surface area (Å²) in [6.45, 7) is 1.36. The predicted molar refractivity (Wildman–Crippen MR) is 55.8 cm³/mol. The Morgan fingerprint density at radius 1 is 1.31 bits per heavy atom. The fraction of sp³-hybridized carbons (Fsp3) is 0.900. The quantitative estimate of drug-likeness (QED) is 0.447. The van der Waals surface area contributed by atoms with Crippen LogP contribution in [0.3, 0.4) is 0 Å². The van der Waals surface area contributed by atoms with E-state index in [1.165, 1.54) is 0 Å². The summed E-state index contributed by atoms with van der Waals surface area (Å²) in [4.78, 5) is 11.0. The van der Waals surface area contributed by atoms with Crippen LogP contribution in [0.2, 0.25) is 0 Å². The molecule has 0 spiro atoms. The first-order valence-electron chi connectivity index (χ1n) is 5.25. The zero-order valence-electron chi connectivity index (χ0n) is 9.52. The van der Waals surface area contributed by atoms with Crippen LogP contribution < -0.4 is 0 Å². The smallest absolute Gasteiger partial charge is 0.332 e. The maximum Gasteiger partial charge on any atom is 0.332 e. The molecule has 0 aromatic heterocycles. The molecular formula is C10H20O6. The highest BCUT2D eigenvalue weighted by Crippen LogP contribution is 2.14. The minimum absolute atomic E-state index is 0.0109. The van der Waals surface area contributed by atoms with Gasteiger partial charge in [0.2, 0.25) is 0 Å². The standard InChI is InChI=1S/C10H20O6/c1-2-15-7-9(13)16-6-4-10(14,8-12)3-5-11/h11-12,14H,2-8H2,1H3. The average Bonchev–Trinajstić information content (AvgIpc) is 2.26. The number of esters is 1. The lowest BCUT2D eigenvalue weighted by Crippen LogP contribution is -2.36. The van der Waals surface area contributed by atoms with Crippen LogP contribution in [0, 0.1) is 0 Å². The fourth-order valence-corrected chi connectivity index (χ4v) is 1.07. The summed E-state index contributed by atoms with van der Waals surface area (Å²) in [5, 5.41) is 27.2. The summed E-state index contributed by atoms with van der Waals surface area (Å²) in [6, 6.07) is 0. The molecule has 0 rings (SSSR count). The van der Waals surface area contributed by atoms with E-state index >= 15 is 0 Å². The maximum absolute atomic E-state index is 11.0. The molecule has 0 aromatic carbocycles.